The lowest BCUT2D eigenvalue weighted by atomic mass is 10.1. The Bertz CT molecular complexity index is 329. The van der Waals surface area contributed by atoms with Crippen LogP contribution in [0.1, 0.15) is 24.4 Å². The maximum atomic E-state index is 10.5. The summed E-state index contributed by atoms with van der Waals surface area (Å²) in [5.74, 6) is -0.990. The Morgan fingerprint density at radius 3 is 2.92 bits per heavy atom. The van der Waals surface area contributed by atoms with Gasteiger partial charge in [0.05, 0.1) is 0 Å². The van der Waals surface area contributed by atoms with Gasteiger partial charge < -0.3 is 14.7 Å². The van der Waals surface area contributed by atoms with Crippen LogP contribution in [0.15, 0.2) is 21.7 Å². The van der Waals surface area contributed by atoms with E-state index in [1.165, 1.54) is 19.1 Å². The number of carboxylic acid groups (broad SMARTS) is 1. The van der Waals surface area contributed by atoms with Crippen molar-refractivity contribution < 1.29 is 19.5 Å². The van der Waals surface area contributed by atoms with Crippen molar-refractivity contribution >= 4 is 12.2 Å². The monoisotopic (exact) mass is 183 g/mol. The van der Waals surface area contributed by atoms with Crippen molar-refractivity contribution in [1.29, 1.82) is 0 Å². The first-order chi connectivity index (χ1) is 6.15. The Balaban J connectivity index is 2.85. The topological polar surface area (TPSA) is 83.0 Å². The molecule has 0 aliphatic carbocycles. The van der Waals surface area contributed by atoms with E-state index in [1.54, 1.807) is 0 Å². The first-order valence-corrected chi connectivity index (χ1v) is 3.65. The molecule has 0 bridgehead atoms. The van der Waals surface area contributed by atoms with Crippen molar-refractivity contribution in [2.24, 2.45) is 5.16 Å². The maximum absolute atomic E-state index is 10.5. The molecule has 1 heterocycles. The van der Waals surface area contributed by atoms with Crippen molar-refractivity contribution in [3.63, 3.8) is 0 Å². The normalized spacial score (nSPS) is 13.3. The zero-order chi connectivity index (χ0) is 9.84. The average Bonchev–Trinajstić information content (AvgIpc) is 2.52. The highest BCUT2D eigenvalue weighted by molar-refractivity contribution is 5.77. The van der Waals surface area contributed by atoms with Crippen LogP contribution in [-0.2, 0) is 4.79 Å². The van der Waals surface area contributed by atoms with Crippen LogP contribution in [0.2, 0.25) is 0 Å². The second kappa shape index (κ2) is 3.75. The molecule has 0 aliphatic heterocycles. The van der Waals surface area contributed by atoms with Crippen LogP contribution in [0, 0.1) is 0 Å². The predicted octanol–water partition coefficient (Wildman–Crippen LogP) is 1.28. The fourth-order valence-corrected chi connectivity index (χ4v) is 0.849. The van der Waals surface area contributed by atoms with E-state index in [0.29, 0.717) is 11.5 Å². The Kier molecular flexibility index (Phi) is 2.69. The van der Waals surface area contributed by atoms with E-state index in [9.17, 15) is 4.79 Å². The van der Waals surface area contributed by atoms with E-state index in [0.717, 1.165) is 6.21 Å². The predicted molar refractivity (Wildman–Crippen MR) is 44.1 cm³/mol. The van der Waals surface area contributed by atoms with Gasteiger partial charge in [0.2, 0.25) is 0 Å². The number of oxime groups is 1. The van der Waals surface area contributed by atoms with Gasteiger partial charge in [-0.2, -0.15) is 0 Å². The fraction of sp³-hybridized carbons (Fsp3) is 0.250. The molecule has 0 fully saturated rings. The minimum absolute atomic E-state index is 0.325. The van der Waals surface area contributed by atoms with E-state index in [-0.39, 0.29) is 0 Å². The van der Waals surface area contributed by atoms with E-state index < -0.39 is 11.9 Å². The van der Waals surface area contributed by atoms with Crippen molar-refractivity contribution in [2.75, 3.05) is 0 Å². The second-order valence-electron chi connectivity index (χ2n) is 2.54. The van der Waals surface area contributed by atoms with E-state index in [1.807, 2.05) is 0 Å². The molecule has 0 spiro atoms. The van der Waals surface area contributed by atoms with Gasteiger partial charge in [0.25, 0.3) is 0 Å². The zero-order valence-corrected chi connectivity index (χ0v) is 6.97. The molecule has 0 amide bonds. The van der Waals surface area contributed by atoms with Crippen LogP contribution in [-0.4, -0.2) is 22.5 Å². The highest BCUT2D eigenvalue weighted by atomic mass is 16.4. The average molecular weight is 183 g/mol. The first-order valence-electron chi connectivity index (χ1n) is 3.65. The van der Waals surface area contributed by atoms with Crippen LogP contribution >= 0.6 is 0 Å². The lowest BCUT2D eigenvalue weighted by molar-refractivity contribution is -0.138. The van der Waals surface area contributed by atoms with Gasteiger partial charge in [-0.25, -0.2) is 0 Å². The van der Waals surface area contributed by atoms with Gasteiger partial charge in [-0.15, -0.1) is 0 Å². The molecule has 2 N–H and O–H groups in total. The number of rotatable bonds is 3. The molecule has 0 aromatic carbocycles. The Hall–Kier alpha value is -1.78. The summed E-state index contributed by atoms with van der Waals surface area (Å²) in [5, 5.41) is 19.6. The molecular weight excluding hydrogens is 174 g/mol. The summed E-state index contributed by atoms with van der Waals surface area (Å²) in [4.78, 5) is 10.5. The van der Waals surface area contributed by atoms with Crippen LogP contribution in [0.25, 0.3) is 0 Å². The number of carboxylic acids is 1. The molecule has 0 saturated carbocycles. The molecule has 1 aromatic heterocycles. The van der Waals surface area contributed by atoms with Gasteiger partial charge in [-0.05, 0) is 19.1 Å². The Morgan fingerprint density at radius 1 is 1.69 bits per heavy atom. The van der Waals surface area contributed by atoms with Crippen molar-refractivity contribution in [3.8, 4) is 0 Å². The van der Waals surface area contributed by atoms with Gasteiger partial charge in [0.1, 0.15) is 23.7 Å². The minimum Gasteiger partial charge on any atom is -0.481 e. The molecule has 0 radical (unpaired) electrons. The summed E-state index contributed by atoms with van der Waals surface area (Å²) in [6.07, 6.45) is 1.10. The van der Waals surface area contributed by atoms with Crippen molar-refractivity contribution in [3.05, 3.63) is 23.7 Å². The summed E-state index contributed by atoms with van der Waals surface area (Å²) in [6, 6.07) is 3.07. The SMILES string of the molecule is CC(C(=O)O)c1ccc(C=NO)o1. The minimum atomic E-state index is -0.957. The molecule has 0 aliphatic rings. The number of nitrogens with zero attached hydrogens (tertiary/aromatic N) is 1. The highest BCUT2D eigenvalue weighted by Crippen LogP contribution is 2.17. The van der Waals surface area contributed by atoms with Gasteiger partial charge in [0, 0.05) is 0 Å². The van der Waals surface area contributed by atoms with Gasteiger partial charge >= 0.3 is 5.97 Å². The fourth-order valence-electron chi connectivity index (χ4n) is 0.849. The van der Waals surface area contributed by atoms with Gasteiger partial charge in [-0.3, -0.25) is 4.79 Å². The first kappa shape index (κ1) is 9.31. The lowest BCUT2D eigenvalue weighted by Gasteiger charge is -1.99. The summed E-state index contributed by atoms with van der Waals surface area (Å²) in [5.41, 5.74) is 0. The summed E-state index contributed by atoms with van der Waals surface area (Å²) in [7, 11) is 0. The molecular formula is C8H9NO4. The Labute approximate surface area is 74.3 Å². The molecule has 0 saturated heterocycles. The summed E-state index contributed by atoms with van der Waals surface area (Å²) >= 11 is 0. The van der Waals surface area contributed by atoms with Crippen molar-refractivity contribution in [2.45, 2.75) is 12.8 Å². The van der Waals surface area contributed by atoms with E-state index in [2.05, 4.69) is 5.16 Å². The quantitative estimate of drug-likeness (QED) is 0.420. The number of carbonyl (C=O) groups is 1. The third kappa shape index (κ3) is 2.08. The number of furan rings is 1. The zero-order valence-electron chi connectivity index (χ0n) is 6.97. The van der Waals surface area contributed by atoms with Crippen LogP contribution in [0.5, 0.6) is 0 Å². The Morgan fingerprint density at radius 2 is 2.38 bits per heavy atom. The maximum Gasteiger partial charge on any atom is 0.313 e. The summed E-state index contributed by atoms with van der Waals surface area (Å²) < 4.78 is 5.06. The number of aliphatic carboxylic acids is 1. The van der Waals surface area contributed by atoms with Crippen LogP contribution < -0.4 is 0 Å². The second-order valence-corrected chi connectivity index (χ2v) is 2.54. The smallest absolute Gasteiger partial charge is 0.313 e. The highest BCUT2D eigenvalue weighted by Gasteiger charge is 2.16. The van der Waals surface area contributed by atoms with Gasteiger partial charge in [0.15, 0.2) is 0 Å². The third-order valence-electron chi connectivity index (χ3n) is 1.63. The lowest BCUT2D eigenvalue weighted by Crippen LogP contribution is -2.05. The molecule has 5 heteroatoms. The standard InChI is InChI=1S/C8H9NO4/c1-5(8(10)11)7-3-2-6(13-7)4-9-12/h2-5,12H,1H3,(H,10,11). The number of hydrogen-bond donors (Lipinski definition) is 2. The van der Waals surface area contributed by atoms with E-state index in [4.69, 9.17) is 14.7 Å². The van der Waals surface area contributed by atoms with Gasteiger partial charge in [-0.1, -0.05) is 5.16 Å². The molecule has 1 rings (SSSR count). The molecule has 5 nitrogen and oxygen atoms in total. The molecule has 1 unspecified atom stereocenters. The molecule has 1 atom stereocenters. The van der Waals surface area contributed by atoms with Crippen LogP contribution in [0.4, 0.5) is 0 Å². The van der Waals surface area contributed by atoms with Crippen molar-refractivity contribution in [1.82, 2.24) is 0 Å². The van der Waals surface area contributed by atoms with Crippen LogP contribution in [0.3, 0.4) is 0 Å². The third-order valence-corrected chi connectivity index (χ3v) is 1.63. The van der Waals surface area contributed by atoms with E-state index >= 15 is 0 Å². The molecule has 13 heavy (non-hydrogen) atoms. The summed E-state index contributed by atoms with van der Waals surface area (Å²) in [6.45, 7) is 1.51. The number of hydrogen-bond acceptors (Lipinski definition) is 4. The largest absolute Gasteiger partial charge is 0.481 e. The molecule has 70 valence electrons. The molecule has 1 aromatic rings.